The molecule has 0 atom stereocenters. The first-order valence-corrected chi connectivity index (χ1v) is 11.9. The molecular formula is C24H24N8S. The van der Waals surface area contributed by atoms with Crippen LogP contribution in [0.3, 0.4) is 0 Å². The zero-order chi connectivity index (χ0) is 22.2. The first kappa shape index (κ1) is 20.0. The fraction of sp³-hybridized carbons (Fsp3) is 0.208. The number of nitrogens with one attached hydrogen (secondary N) is 3. The molecule has 33 heavy (non-hydrogen) atoms. The number of nitrogens with zero attached hydrogens (tertiary/aromatic N) is 5. The molecule has 0 unspecified atom stereocenters. The van der Waals surface area contributed by atoms with Crippen molar-refractivity contribution in [3.05, 3.63) is 60.1 Å². The van der Waals surface area contributed by atoms with Crippen molar-refractivity contribution >= 4 is 61.3 Å². The third-order valence-electron chi connectivity index (χ3n) is 6.00. The predicted molar refractivity (Wildman–Crippen MR) is 136 cm³/mol. The summed E-state index contributed by atoms with van der Waals surface area (Å²) in [5.74, 6) is 1.35. The lowest BCUT2D eigenvalue weighted by atomic mass is 10.2. The lowest BCUT2D eigenvalue weighted by molar-refractivity contribution is 0.313. The summed E-state index contributed by atoms with van der Waals surface area (Å²) < 4.78 is 1.02. The highest BCUT2D eigenvalue weighted by molar-refractivity contribution is 7.17. The summed E-state index contributed by atoms with van der Waals surface area (Å²) in [4.78, 5) is 14.3. The molecule has 0 saturated carbocycles. The van der Waals surface area contributed by atoms with E-state index in [0.717, 1.165) is 64.5 Å². The number of rotatable bonds is 5. The summed E-state index contributed by atoms with van der Waals surface area (Å²) in [5, 5.41) is 17.1. The Kier molecular flexibility index (Phi) is 5.04. The molecule has 166 valence electrons. The monoisotopic (exact) mass is 456 g/mol. The van der Waals surface area contributed by atoms with E-state index < -0.39 is 0 Å². The van der Waals surface area contributed by atoms with E-state index in [1.54, 1.807) is 11.3 Å². The minimum Gasteiger partial charge on any atom is -0.369 e. The lowest BCUT2D eigenvalue weighted by Gasteiger charge is -2.34. The van der Waals surface area contributed by atoms with Crippen LogP contribution >= 0.6 is 11.3 Å². The van der Waals surface area contributed by atoms with E-state index in [0.29, 0.717) is 5.95 Å². The van der Waals surface area contributed by atoms with E-state index in [2.05, 4.69) is 61.9 Å². The van der Waals surface area contributed by atoms with Crippen LogP contribution in [0.4, 0.5) is 28.8 Å². The van der Waals surface area contributed by atoms with Gasteiger partial charge in [0.05, 0.1) is 21.9 Å². The van der Waals surface area contributed by atoms with Crippen LogP contribution in [-0.4, -0.2) is 58.3 Å². The number of hydrogen-bond donors (Lipinski definition) is 3. The van der Waals surface area contributed by atoms with Crippen LogP contribution in [0.1, 0.15) is 0 Å². The van der Waals surface area contributed by atoms with Crippen LogP contribution in [0.15, 0.2) is 60.1 Å². The molecule has 3 N–H and O–H groups in total. The van der Waals surface area contributed by atoms with Gasteiger partial charge in [-0.25, -0.2) is 4.98 Å². The fourth-order valence-corrected chi connectivity index (χ4v) is 4.88. The number of benzene rings is 2. The van der Waals surface area contributed by atoms with Gasteiger partial charge in [-0.3, -0.25) is 5.10 Å². The van der Waals surface area contributed by atoms with Crippen LogP contribution < -0.4 is 15.5 Å². The lowest BCUT2D eigenvalue weighted by Crippen LogP contribution is -2.44. The molecule has 1 aliphatic rings. The van der Waals surface area contributed by atoms with Crippen LogP contribution in [0, 0.1) is 0 Å². The average Bonchev–Trinajstić information content (AvgIpc) is 3.49. The van der Waals surface area contributed by atoms with Crippen molar-refractivity contribution in [1.82, 2.24) is 25.1 Å². The number of fused-ring (bicyclic) bond motifs is 2. The van der Waals surface area contributed by atoms with Gasteiger partial charge in [-0.1, -0.05) is 0 Å². The number of aromatic amines is 1. The zero-order valence-electron chi connectivity index (χ0n) is 18.2. The largest absolute Gasteiger partial charge is 0.369 e. The van der Waals surface area contributed by atoms with Crippen molar-refractivity contribution in [2.45, 2.75) is 0 Å². The number of H-pyrrole nitrogens is 1. The summed E-state index contributed by atoms with van der Waals surface area (Å²) >= 11 is 1.63. The molecule has 5 aromatic rings. The first-order chi connectivity index (χ1) is 16.2. The van der Waals surface area contributed by atoms with Crippen molar-refractivity contribution in [1.29, 1.82) is 0 Å². The molecule has 1 saturated heterocycles. The molecule has 3 aromatic heterocycles. The van der Waals surface area contributed by atoms with Gasteiger partial charge >= 0.3 is 0 Å². The van der Waals surface area contributed by atoms with Crippen LogP contribution in [0.25, 0.3) is 21.1 Å². The highest BCUT2D eigenvalue weighted by Gasteiger charge is 2.14. The van der Waals surface area contributed by atoms with Gasteiger partial charge in [-0.15, -0.1) is 11.3 Å². The zero-order valence-corrected chi connectivity index (χ0v) is 19.1. The van der Waals surface area contributed by atoms with Gasteiger partial charge < -0.3 is 20.4 Å². The number of piperazine rings is 1. The number of thiophene rings is 1. The van der Waals surface area contributed by atoms with Crippen molar-refractivity contribution in [2.24, 2.45) is 0 Å². The summed E-state index contributed by atoms with van der Waals surface area (Å²) in [6.45, 7) is 4.30. The molecule has 1 fully saturated rings. The van der Waals surface area contributed by atoms with E-state index in [1.165, 1.54) is 5.69 Å². The van der Waals surface area contributed by atoms with Gasteiger partial charge in [0.25, 0.3) is 0 Å². The van der Waals surface area contributed by atoms with E-state index in [4.69, 9.17) is 9.97 Å². The maximum Gasteiger partial charge on any atom is 0.229 e. The Morgan fingerprint density at radius 2 is 1.73 bits per heavy atom. The smallest absolute Gasteiger partial charge is 0.229 e. The Morgan fingerprint density at radius 1 is 0.909 bits per heavy atom. The highest BCUT2D eigenvalue weighted by atomic mass is 32.1. The summed E-state index contributed by atoms with van der Waals surface area (Å²) in [6, 6.07) is 16.6. The summed E-state index contributed by atoms with van der Waals surface area (Å²) in [7, 11) is 2.17. The third-order valence-corrected chi connectivity index (χ3v) is 6.91. The minimum atomic E-state index is 0.568. The Bertz CT molecular complexity index is 1400. The quantitative estimate of drug-likeness (QED) is 0.350. The van der Waals surface area contributed by atoms with E-state index >= 15 is 0 Å². The molecule has 4 heterocycles. The Morgan fingerprint density at radius 3 is 2.58 bits per heavy atom. The van der Waals surface area contributed by atoms with Gasteiger partial charge in [0, 0.05) is 48.6 Å². The normalized spacial score (nSPS) is 14.8. The molecule has 0 spiro atoms. The second kappa shape index (κ2) is 8.34. The number of likely N-dealkylation sites (N-methyl/N-ethyl adjacent to an activating group) is 1. The Labute approximate surface area is 195 Å². The maximum absolute atomic E-state index is 4.79. The topological polar surface area (TPSA) is 85.0 Å². The van der Waals surface area contributed by atoms with Gasteiger partial charge in [-0.2, -0.15) is 10.1 Å². The molecule has 0 amide bonds. The van der Waals surface area contributed by atoms with Crippen molar-refractivity contribution < 1.29 is 0 Å². The summed E-state index contributed by atoms with van der Waals surface area (Å²) in [6.07, 6.45) is 1.82. The number of anilines is 5. The molecule has 9 heteroatoms. The molecule has 0 aliphatic carbocycles. The fourth-order valence-electron chi connectivity index (χ4n) is 4.10. The molecule has 0 radical (unpaired) electrons. The molecule has 2 aromatic carbocycles. The molecule has 1 aliphatic heterocycles. The SMILES string of the molecule is CN1CCN(c2ccc(Nc3nc(Nc4ccc5cn[nH]c5c4)c4sccc4n3)cc2)CC1. The number of hydrogen-bond acceptors (Lipinski definition) is 8. The molecule has 8 nitrogen and oxygen atoms in total. The highest BCUT2D eigenvalue weighted by Crippen LogP contribution is 2.31. The van der Waals surface area contributed by atoms with Gasteiger partial charge in [-0.05, 0) is 61.0 Å². The molecule has 0 bridgehead atoms. The van der Waals surface area contributed by atoms with Crippen molar-refractivity contribution in [3.8, 4) is 0 Å². The van der Waals surface area contributed by atoms with Gasteiger partial charge in [0.2, 0.25) is 5.95 Å². The Hall–Kier alpha value is -3.69. The Balaban J connectivity index is 1.24. The summed E-state index contributed by atoms with van der Waals surface area (Å²) in [5.41, 5.74) is 5.06. The molecular weight excluding hydrogens is 432 g/mol. The van der Waals surface area contributed by atoms with E-state index in [1.807, 2.05) is 35.8 Å². The average molecular weight is 457 g/mol. The van der Waals surface area contributed by atoms with Crippen molar-refractivity contribution in [2.75, 3.05) is 48.8 Å². The van der Waals surface area contributed by atoms with E-state index in [9.17, 15) is 0 Å². The van der Waals surface area contributed by atoms with Crippen LogP contribution in [0.5, 0.6) is 0 Å². The standard InChI is InChI=1S/C24H24N8S/c1-31-9-11-32(12-10-31)19-6-4-17(5-7-19)27-24-28-20-8-13-33-22(20)23(29-24)26-18-3-2-16-15-25-30-21(16)14-18/h2-8,13-15H,9-12H2,1H3,(H,25,30)(H2,26,27,28,29). The van der Waals surface area contributed by atoms with Crippen LogP contribution in [0.2, 0.25) is 0 Å². The maximum atomic E-state index is 4.79. The van der Waals surface area contributed by atoms with Gasteiger partial charge in [0.15, 0.2) is 5.82 Å². The predicted octanol–water partition coefficient (Wildman–Crippen LogP) is 4.81. The van der Waals surface area contributed by atoms with E-state index in [-0.39, 0.29) is 0 Å². The second-order valence-corrected chi connectivity index (χ2v) is 9.21. The van der Waals surface area contributed by atoms with Crippen LogP contribution in [-0.2, 0) is 0 Å². The molecule has 6 rings (SSSR count). The number of aromatic nitrogens is 4. The third kappa shape index (κ3) is 4.08. The van der Waals surface area contributed by atoms with Gasteiger partial charge in [0.1, 0.15) is 0 Å². The first-order valence-electron chi connectivity index (χ1n) is 11.0. The minimum absolute atomic E-state index is 0.568. The second-order valence-electron chi connectivity index (χ2n) is 8.29. The van der Waals surface area contributed by atoms with Crippen molar-refractivity contribution in [3.63, 3.8) is 0 Å².